The van der Waals surface area contributed by atoms with E-state index in [9.17, 15) is 4.79 Å². The molecular formula is C16H22N2O3. The number of aryl methyl sites for hydroxylation is 2. The van der Waals surface area contributed by atoms with Crippen molar-refractivity contribution in [3.63, 3.8) is 0 Å². The van der Waals surface area contributed by atoms with Crippen molar-refractivity contribution in [1.82, 2.24) is 5.43 Å². The zero-order valence-corrected chi connectivity index (χ0v) is 13.0. The Hall–Kier alpha value is -1.72. The number of carbonyl (C=O) groups excluding carboxylic acids is 1. The number of ether oxygens (including phenoxy) is 2. The molecule has 1 heterocycles. The molecule has 1 amide bonds. The molecule has 1 aromatic rings. The fourth-order valence-electron chi connectivity index (χ4n) is 2.17. The third kappa shape index (κ3) is 4.12. The first kappa shape index (κ1) is 15.7. The Bertz CT molecular complexity index is 561. The minimum Gasteiger partial charge on any atom is -0.347 e. The number of hydrogen-bond acceptors (Lipinski definition) is 4. The van der Waals surface area contributed by atoms with Gasteiger partial charge >= 0.3 is 0 Å². The van der Waals surface area contributed by atoms with E-state index in [0.29, 0.717) is 13.2 Å². The number of benzene rings is 1. The Morgan fingerprint density at radius 1 is 1.29 bits per heavy atom. The summed E-state index contributed by atoms with van der Waals surface area (Å²) in [4.78, 5) is 11.9. The molecule has 0 radical (unpaired) electrons. The normalized spacial score (nSPS) is 17.8. The van der Waals surface area contributed by atoms with E-state index in [-0.39, 0.29) is 12.3 Å². The van der Waals surface area contributed by atoms with E-state index in [4.69, 9.17) is 9.47 Å². The molecule has 5 nitrogen and oxygen atoms in total. The molecule has 114 valence electrons. The number of rotatable bonds is 4. The first-order valence-electron chi connectivity index (χ1n) is 7.08. The van der Waals surface area contributed by atoms with Crippen molar-refractivity contribution in [2.24, 2.45) is 5.10 Å². The van der Waals surface area contributed by atoms with Crippen LogP contribution in [0.25, 0.3) is 0 Å². The lowest BCUT2D eigenvalue weighted by Gasteiger charge is -2.20. The SMILES string of the molecule is C/C(=N/NC(=O)CC1(C)OCCO1)c1ccc(C)c(C)c1. The van der Waals surface area contributed by atoms with Gasteiger partial charge in [0.05, 0.1) is 25.3 Å². The molecule has 0 unspecified atom stereocenters. The fourth-order valence-corrected chi connectivity index (χ4v) is 2.17. The molecule has 1 saturated heterocycles. The molecule has 1 N–H and O–H groups in total. The number of nitrogens with zero attached hydrogens (tertiary/aromatic N) is 1. The molecule has 0 aliphatic carbocycles. The van der Waals surface area contributed by atoms with Gasteiger partial charge in [0, 0.05) is 0 Å². The summed E-state index contributed by atoms with van der Waals surface area (Å²) in [6.45, 7) is 8.80. The van der Waals surface area contributed by atoms with Gasteiger partial charge in [0.2, 0.25) is 5.91 Å². The minimum absolute atomic E-state index is 0.136. The zero-order chi connectivity index (χ0) is 15.5. The average Bonchev–Trinajstić information content (AvgIpc) is 2.85. The minimum atomic E-state index is -0.825. The van der Waals surface area contributed by atoms with Gasteiger partial charge in [0.1, 0.15) is 0 Å². The van der Waals surface area contributed by atoms with Crippen LogP contribution in [0.5, 0.6) is 0 Å². The third-order valence-electron chi connectivity index (χ3n) is 3.65. The third-order valence-corrected chi connectivity index (χ3v) is 3.65. The predicted octanol–water partition coefficient (Wildman–Crippen LogP) is 2.30. The topological polar surface area (TPSA) is 59.9 Å². The van der Waals surface area contributed by atoms with Crippen LogP contribution in [-0.4, -0.2) is 30.6 Å². The highest BCUT2D eigenvalue weighted by molar-refractivity contribution is 5.99. The molecule has 1 fully saturated rings. The van der Waals surface area contributed by atoms with E-state index < -0.39 is 5.79 Å². The molecule has 21 heavy (non-hydrogen) atoms. The molecule has 0 spiro atoms. The van der Waals surface area contributed by atoms with Crippen LogP contribution < -0.4 is 5.43 Å². The van der Waals surface area contributed by atoms with Crippen LogP contribution in [0, 0.1) is 13.8 Å². The van der Waals surface area contributed by atoms with E-state index in [2.05, 4.69) is 30.4 Å². The van der Waals surface area contributed by atoms with Crippen molar-refractivity contribution < 1.29 is 14.3 Å². The lowest BCUT2D eigenvalue weighted by molar-refractivity contribution is -0.159. The van der Waals surface area contributed by atoms with Crippen LogP contribution >= 0.6 is 0 Å². The summed E-state index contributed by atoms with van der Waals surface area (Å²) in [6.07, 6.45) is 0.136. The number of carbonyl (C=O) groups is 1. The van der Waals surface area contributed by atoms with Gasteiger partial charge < -0.3 is 9.47 Å². The smallest absolute Gasteiger partial charge is 0.245 e. The summed E-state index contributed by atoms with van der Waals surface area (Å²) < 4.78 is 10.8. The number of nitrogens with one attached hydrogen (secondary N) is 1. The maximum atomic E-state index is 11.9. The molecular weight excluding hydrogens is 268 g/mol. The zero-order valence-electron chi connectivity index (χ0n) is 13.0. The second kappa shape index (κ2) is 6.37. The Morgan fingerprint density at radius 3 is 2.57 bits per heavy atom. The van der Waals surface area contributed by atoms with Gasteiger partial charge in [0.25, 0.3) is 0 Å². The lowest BCUT2D eigenvalue weighted by atomic mass is 10.0. The maximum absolute atomic E-state index is 11.9. The van der Waals surface area contributed by atoms with Crippen molar-refractivity contribution in [1.29, 1.82) is 0 Å². The predicted molar refractivity (Wildman–Crippen MR) is 81.2 cm³/mol. The number of hydrogen-bond donors (Lipinski definition) is 1. The van der Waals surface area contributed by atoms with Crippen molar-refractivity contribution >= 4 is 11.6 Å². The molecule has 1 aliphatic heterocycles. The van der Waals surface area contributed by atoms with Crippen LogP contribution in [0.4, 0.5) is 0 Å². The first-order chi connectivity index (χ1) is 9.89. The Kier molecular flexibility index (Phi) is 4.75. The van der Waals surface area contributed by atoms with Crippen LogP contribution in [0.15, 0.2) is 23.3 Å². The van der Waals surface area contributed by atoms with Gasteiger partial charge in [0.15, 0.2) is 5.79 Å². The largest absolute Gasteiger partial charge is 0.347 e. The maximum Gasteiger partial charge on any atom is 0.245 e. The molecule has 2 rings (SSSR count). The number of hydrazone groups is 1. The summed E-state index contributed by atoms with van der Waals surface area (Å²) in [6, 6.07) is 6.11. The van der Waals surface area contributed by atoms with E-state index in [0.717, 1.165) is 11.3 Å². The van der Waals surface area contributed by atoms with Crippen LogP contribution in [0.1, 0.15) is 37.0 Å². The van der Waals surface area contributed by atoms with Gasteiger partial charge in [-0.25, -0.2) is 5.43 Å². The molecule has 0 bridgehead atoms. The van der Waals surface area contributed by atoms with Gasteiger partial charge in [-0.1, -0.05) is 12.1 Å². The van der Waals surface area contributed by atoms with Crippen LogP contribution in [-0.2, 0) is 14.3 Å². The molecule has 1 aliphatic rings. The van der Waals surface area contributed by atoms with Crippen LogP contribution in [0.3, 0.4) is 0 Å². The Labute approximate surface area is 125 Å². The lowest BCUT2D eigenvalue weighted by Crippen LogP contribution is -2.33. The monoisotopic (exact) mass is 290 g/mol. The van der Waals surface area contributed by atoms with Gasteiger partial charge in [-0.3, -0.25) is 4.79 Å². The Balaban J connectivity index is 1.96. The van der Waals surface area contributed by atoms with E-state index in [1.54, 1.807) is 6.92 Å². The standard InChI is InChI=1S/C16H22N2O3/c1-11-5-6-14(9-12(11)2)13(3)17-18-15(19)10-16(4)20-7-8-21-16/h5-6,9H,7-8,10H2,1-4H3,(H,18,19)/b17-13-. The number of amides is 1. The van der Waals surface area contributed by atoms with Crippen molar-refractivity contribution in [3.05, 3.63) is 34.9 Å². The van der Waals surface area contributed by atoms with Crippen molar-refractivity contribution in [3.8, 4) is 0 Å². The van der Waals surface area contributed by atoms with E-state index >= 15 is 0 Å². The summed E-state index contributed by atoms with van der Waals surface area (Å²) >= 11 is 0. The second-order valence-electron chi connectivity index (χ2n) is 5.54. The first-order valence-corrected chi connectivity index (χ1v) is 7.08. The molecule has 5 heteroatoms. The highest BCUT2D eigenvalue weighted by Crippen LogP contribution is 2.22. The van der Waals surface area contributed by atoms with Gasteiger partial charge in [-0.05, 0) is 50.5 Å². The second-order valence-corrected chi connectivity index (χ2v) is 5.54. The summed E-state index contributed by atoms with van der Waals surface area (Å²) in [5.74, 6) is -1.05. The highest BCUT2D eigenvalue weighted by atomic mass is 16.7. The summed E-state index contributed by atoms with van der Waals surface area (Å²) in [5, 5.41) is 4.14. The summed E-state index contributed by atoms with van der Waals surface area (Å²) in [5.41, 5.74) is 6.76. The molecule has 0 atom stereocenters. The molecule has 1 aromatic carbocycles. The quantitative estimate of drug-likeness (QED) is 0.683. The van der Waals surface area contributed by atoms with Crippen molar-refractivity contribution in [2.75, 3.05) is 13.2 Å². The average molecular weight is 290 g/mol. The fraction of sp³-hybridized carbons (Fsp3) is 0.500. The van der Waals surface area contributed by atoms with E-state index in [1.807, 2.05) is 19.1 Å². The Morgan fingerprint density at radius 2 is 1.95 bits per heavy atom. The van der Waals surface area contributed by atoms with Crippen LogP contribution in [0.2, 0.25) is 0 Å². The van der Waals surface area contributed by atoms with Crippen molar-refractivity contribution in [2.45, 2.75) is 39.9 Å². The van der Waals surface area contributed by atoms with E-state index in [1.165, 1.54) is 11.1 Å². The summed E-state index contributed by atoms with van der Waals surface area (Å²) in [7, 11) is 0. The van der Waals surface area contributed by atoms with Gasteiger partial charge in [-0.15, -0.1) is 0 Å². The van der Waals surface area contributed by atoms with Gasteiger partial charge in [-0.2, -0.15) is 5.10 Å². The molecule has 0 saturated carbocycles. The molecule has 0 aromatic heterocycles. The highest BCUT2D eigenvalue weighted by Gasteiger charge is 2.33.